The maximum absolute atomic E-state index is 9.78. The smallest absolute Gasteiger partial charge is 0.242 e. The Morgan fingerprint density at radius 3 is 2.48 bits per heavy atom. The van der Waals surface area contributed by atoms with Gasteiger partial charge in [0.2, 0.25) is 8.32 Å². The van der Waals surface area contributed by atoms with Crippen molar-refractivity contribution in [1.82, 2.24) is 0 Å². The predicted molar refractivity (Wildman–Crippen MR) is 127 cm³/mol. The molecule has 31 heavy (non-hydrogen) atoms. The summed E-state index contributed by atoms with van der Waals surface area (Å²) in [7, 11) is -0.334. The molecular weight excluding hydrogens is 408 g/mol. The third-order valence-electron chi connectivity index (χ3n) is 5.31. The van der Waals surface area contributed by atoms with Crippen LogP contribution in [-0.2, 0) is 24.1 Å². The van der Waals surface area contributed by atoms with Gasteiger partial charge in [-0.25, -0.2) is 0 Å². The maximum atomic E-state index is 9.78. The fourth-order valence-corrected chi connectivity index (χ4v) is 4.61. The summed E-state index contributed by atoms with van der Waals surface area (Å²) in [4.78, 5) is 0. The Morgan fingerprint density at radius 2 is 1.87 bits per heavy atom. The van der Waals surface area contributed by atoms with Crippen LogP contribution in [0.15, 0.2) is 30.3 Å². The van der Waals surface area contributed by atoms with Gasteiger partial charge in [0.15, 0.2) is 0 Å². The number of aryl methyl sites for hydroxylation is 1. The van der Waals surface area contributed by atoms with E-state index in [0.717, 1.165) is 35.5 Å². The molecule has 0 radical (unpaired) electrons. The number of fused-ring (bicyclic) bond motifs is 1. The van der Waals surface area contributed by atoms with Gasteiger partial charge in [0, 0.05) is 11.1 Å². The number of methoxy groups -OCH3 is 1. The zero-order valence-corrected chi connectivity index (χ0v) is 20.4. The van der Waals surface area contributed by atoms with Gasteiger partial charge in [-0.2, -0.15) is 0 Å². The molecule has 0 amide bonds. The first-order chi connectivity index (χ1) is 14.5. The quantitative estimate of drug-likeness (QED) is 0.353. The first kappa shape index (κ1) is 23.4. The SMILES string of the molecule is COc1cc(C=C(O[Si](C)(C)C)c2ccc3c(c2)CCC(C)(C)O3)cc(CO)c1CO. The summed E-state index contributed by atoms with van der Waals surface area (Å²) in [6, 6.07) is 9.96. The van der Waals surface area contributed by atoms with E-state index in [-0.39, 0.29) is 18.8 Å². The maximum Gasteiger partial charge on any atom is 0.242 e. The van der Waals surface area contributed by atoms with E-state index in [9.17, 15) is 10.2 Å². The Balaban J connectivity index is 2.08. The van der Waals surface area contributed by atoms with Gasteiger partial charge < -0.3 is 24.1 Å². The highest BCUT2D eigenvalue weighted by Gasteiger charge is 2.27. The lowest BCUT2D eigenvalue weighted by Crippen LogP contribution is -2.32. The van der Waals surface area contributed by atoms with Crippen LogP contribution < -0.4 is 9.47 Å². The van der Waals surface area contributed by atoms with Crippen molar-refractivity contribution < 1.29 is 24.1 Å². The predicted octanol–water partition coefficient (Wildman–Crippen LogP) is 5.13. The van der Waals surface area contributed by atoms with Crippen LogP contribution in [0, 0.1) is 0 Å². The lowest BCUT2D eigenvalue weighted by molar-refractivity contribution is 0.0847. The van der Waals surface area contributed by atoms with E-state index in [1.165, 1.54) is 5.56 Å². The van der Waals surface area contributed by atoms with Gasteiger partial charge >= 0.3 is 0 Å². The molecule has 0 saturated heterocycles. The summed E-state index contributed by atoms with van der Waals surface area (Å²) in [5.74, 6) is 2.27. The highest BCUT2D eigenvalue weighted by atomic mass is 28.4. The Kier molecular flexibility index (Phi) is 6.84. The minimum absolute atomic E-state index is 0.145. The molecule has 0 spiro atoms. The van der Waals surface area contributed by atoms with Crippen LogP contribution in [0.25, 0.3) is 11.8 Å². The molecule has 0 saturated carbocycles. The van der Waals surface area contributed by atoms with Crippen LogP contribution in [0.4, 0.5) is 0 Å². The fraction of sp³-hybridized carbons (Fsp3) is 0.440. The van der Waals surface area contributed by atoms with Crippen LogP contribution in [0.5, 0.6) is 11.5 Å². The Morgan fingerprint density at radius 1 is 1.13 bits per heavy atom. The third kappa shape index (κ3) is 5.70. The average molecular weight is 443 g/mol. The summed E-state index contributed by atoms with van der Waals surface area (Å²) < 4.78 is 18.1. The van der Waals surface area contributed by atoms with Gasteiger partial charge in [0.25, 0.3) is 0 Å². The van der Waals surface area contributed by atoms with Crippen molar-refractivity contribution in [3.05, 3.63) is 58.1 Å². The van der Waals surface area contributed by atoms with Crippen LogP contribution in [0.2, 0.25) is 19.6 Å². The lowest BCUT2D eigenvalue weighted by Gasteiger charge is -2.33. The van der Waals surface area contributed by atoms with E-state index in [1.807, 2.05) is 30.3 Å². The summed E-state index contributed by atoms with van der Waals surface area (Å²) in [5, 5.41) is 19.5. The molecule has 0 atom stereocenters. The zero-order valence-electron chi connectivity index (χ0n) is 19.4. The van der Waals surface area contributed by atoms with Gasteiger partial charge in [-0.1, -0.05) is 0 Å². The molecule has 1 heterocycles. The van der Waals surface area contributed by atoms with E-state index < -0.39 is 8.32 Å². The molecule has 0 aliphatic carbocycles. The standard InChI is InChI=1S/C25H34O5Si/c1-25(2)10-9-19-14-18(7-8-22(19)29-25)23(30-31(4,5)6)12-17-11-20(15-26)21(16-27)24(13-17)28-3/h7-8,11-14,26-27H,9-10,15-16H2,1-6H3. The number of ether oxygens (including phenoxy) is 2. The van der Waals surface area contributed by atoms with Crippen molar-refractivity contribution in [3.8, 4) is 11.5 Å². The molecule has 2 aromatic carbocycles. The van der Waals surface area contributed by atoms with E-state index in [4.69, 9.17) is 13.9 Å². The molecule has 0 fully saturated rings. The molecule has 5 nitrogen and oxygen atoms in total. The lowest BCUT2D eigenvalue weighted by atomic mass is 9.93. The second kappa shape index (κ2) is 9.07. The third-order valence-corrected chi connectivity index (χ3v) is 6.15. The van der Waals surface area contributed by atoms with Crippen molar-refractivity contribution in [1.29, 1.82) is 0 Å². The summed E-state index contributed by atoms with van der Waals surface area (Å²) in [6.07, 6.45) is 3.91. The fourth-order valence-electron chi connectivity index (χ4n) is 3.78. The van der Waals surface area contributed by atoms with Gasteiger partial charge in [-0.15, -0.1) is 0 Å². The van der Waals surface area contributed by atoms with Crippen molar-refractivity contribution in [2.45, 2.75) is 65.1 Å². The monoisotopic (exact) mass is 442 g/mol. The topological polar surface area (TPSA) is 68.2 Å². The second-order valence-corrected chi connectivity index (χ2v) is 14.0. The van der Waals surface area contributed by atoms with E-state index in [0.29, 0.717) is 16.9 Å². The number of hydrogen-bond acceptors (Lipinski definition) is 5. The van der Waals surface area contributed by atoms with Crippen molar-refractivity contribution in [2.24, 2.45) is 0 Å². The molecule has 168 valence electrons. The van der Waals surface area contributed by atoms with Crippen LogP contribution in [0.3, 0.4) is 0 Å². The Labute approximate surface area is 186 Å². The highest BCUT2D eigenvalue weighted by molar-refractivity contribution is 6.70. The summed E-state index contributed by atoms with van der Waals surface area (Å²) >= 11 is 0. The van der Waals surface area contributed by atoms with Gasteiger partial charge in [-0.3, -0.25) is 0 Å². The normalized spacial score (nSPS) is 15.8. The second-order valence-electron chi connectivity index (χ2n) is 9.58. The molecular formula is C25H34O5Si. The van der Waals surface area contributed by atoms with Crippen molar-refractivity contribution in [3.63, 3.8) is 0 Å². The van der Waals surface area contributed by atoms with Gasteiger partial charge in [0.1, 0.15) is 22.9 Å². The summed E-state index contributed by atoms with van der Waals surface area (Å²) in [6.45, 7) is 10.3. The van der Waals surface area contributed by atoms with Crippen molar-refractivity contribution in [2.75, 3.05) is 7.11 Å². The van der Waals surface area contributed by atoms with E-state index in [2.05, 4.69) is 39.6 Å². The molecule has 0 bridgehead atoms. The van der Waals surface area contributed by atoms with E-state index >= 15 is 0 Å². The number of benzene rings is 2. The minimum atomic E-state index is -1.90. The van der Waals surface area contributed by atoms with Crippen LogP contribution in [0.1, 0.15) is 48.1 Å². The molecule has 2 aromatic rings. The first-order valence-electron chi connectivity index (χ1n) is 10.7. The molecule has 3 rings (SSSR count). The van der Waals surface area contributed by atoms with Gasteiger partial charge in [-0.05, 0) is 99.4 Å². The highest BCUT2D eigenvalue weighted by Crippen LogP contribution is 2.36. The number of rotatable bonds is 7. The molecule has 0 unspecified atom stereocenters. The Hall–Kier alpha value is -2.28. The number of aliphatic hydroxyl groups is 2. The first-order valence-corrected chi connectivity index (χ1v) is 14.1. The summed E-state index contributed by atoms with van der Waals surface area (Å²) in [5.41, 5.74) is 4.13. The van der Waals surface area contributed by atoms with E-state index in [1.54, 1.807) is 7.11 Å². The molecule has 1 aliphatic heterocycles. The number of hydrogen-bond donors (Lipinski definition) is 2. The van der Waals surface area contributed by atoms with Crippen molar-refractivity contribution >= 4 is 20.2 Å². The molecule has 0 aromatic heterocycles. The average Bonchev–Trinajstić information content (AvgIpc) is 2.70. The molecule has 1 aliphatic rings. The van der Waals surface area contributed by atoms with Gasteiger partial charge in [0.05, 0.1) is 20.3 Å². The molecule has 2 N–H and O–H groups in total. The van der Waals surface area contributed by atoms with Crippen LogP contribution in [-0.4, -0.2) is 31.2 Å². The Bertz CT molecular complexity index is 947. The molecule has 6 heteroatoms. The number of aliphatic hydroxyl groups excluding tert-OH is 2. The minimum Gasteiger partial charge on any atom is -0.544 e. The largest absolute Gasteiger partial charge is 0.544 e. The van der Waals surface area contributed by atoms with Crippen LogP contribution >= 0.6 is 0 Å². The zero-order chi connectivity index (χ0) is 22.8.